The third-order valence-corrected chi connectivity index (χ3v) is 8.21. The van der Waals surface area contributed by atoms with E-state index >= 15 is 4.39 Å². The minimum Gasteiger partial charge on any atom is -0.373 e. The lowest BCUT2D eigenvalue weighted by Gasteiger charge is -2.48. The summed E-state index contributed by atoms with van der Waals surface area (Å²) in [5.74, 6) is 0.853. The quantitative estimate of drug-likeness (QED) is 0.455. The monoisotopic (exact) mass is 490 g/mol. The highest BCUT2D eigenvalue weighted by molar-refractivity contribution is 7.99. The molecule has 2 unspecified atom stereocenters. The maximum Gasteiger partial charge on any atom is 0.253 e. The first-order chi connectivity index (χ1) is 17.1. The van der Waals surface area contributed by atoms with Crippen molar-refractivity contribution in [1.82, 2.24) is 10.6 Å². The van der Waals surface area contributed by atoms with E-state index in [2.05, 4.69) is 22.8 Å². The molecule has 35 heavy (non-hydrogen) atoms. The summed E-state index contributed by atoms with van der Waals surface area (Å²) >= 11 is 1.67. The molecule has 1 aliphatic heterocycles. The van der Waals surface area contributed by atoms with Crippen LogP contribution in [0.15, 0.2) is 84.9 Å². The van der Waals surface area contributed by atoms with Gasteiger partial charge in [0.15, 0.2) is 0 Å². The highest BCUT2D eigenvalue weighted by Gasteiger charge is 2.46. The first kappa shape index (κ1) is 24.0. The minimum absolute atomic E-state index is 0.128. The SMILES string of the molecule is O=C(NC1NC2(c3ccccc3F)CC[C@@H](OCc3ccccc3)[C@@H](CCS1)C2)c1ccccc1. The Balaban J connectivity index is 1.36. The van der Waals surface area contributed by atoms with E-state index in [1.807, 2.05) is 48.5 Å². The number of hydrogen-bond acceptors (Lipinski definition) is 4. The Bertz CT molecular complexity index is 1130. The lowest BCUT2D eigenvalue weighted by atomic mass is 9.69. The number of rotatable bonds is 6. The Morgan fingerprint density at radius 1 is 1.00 bits per heavy atom. The Kier molecular flexibility index (Phi) is 7.51. The van der Waals surface area contributed by atoms with Gasteiger partial charge in [0, 0.05) is 16.7 Å². The van der Waals surface area contributed by atoms with Crippen molar-refractivity contribution in [3.63, 3.8) is 0 Å². The molecule has 0 spiro atoms. The number of ether oxygens (including phenoxy) is 1. The van der Waals surface area contributed by atoms with Crippen molar-refractivity contribution in [3.05, 3.63) is 107 Å². The van der Waals surface area contributed by atoms with E-state index in [-0.39, 0.29) is 23.3 Å². The van der Waals surface area contributed by atoms with Gasteiger partial charge in [-0.2, -0.15) is 0 Å². The van der Waals surface area contributed by atoms with E-state index in [0.717, 1.165) is 31.4 Å². The van der Waals surface area contributed by atoms with E-state index < -0.39 is 5.54 Å². The molecule has 2 aliphatic rings. The summed E-state index contributed by atoms with van der Waals surface area (Å²) in [5.41, 5.74) is 1.58. The second-order valence-corrected chi connectivity index (χ2v) is 10.6. The predicted molar refractivity (Wildman–Crippen MR) is 138 cm³/mol. The van der Waals surface area contributed by atoms with Crippen LogP contribution in [0.2, 0.25) is 0 Å². The number of thioether (sulfide) groups is 1. The van der Waals surface area contributed by atoms with E-state index in [1.54, 1.807) is 30.0 Å². The van der Waals surface area contributed by atoms with E-state index in [4.69, 9.17) is 4.74 Å². The average Bonchev–Trinajstić information content (AvgIpc) is 2.88. The molecule has 5 rings (SSSR count). The van der Waals surface area contributed by atoms with Crippen LogP contribution in [0.3, 0.4) is 0 Å². The smallest absolute Gasteiger partial charge is 0.253 e. The minimum atomic E-state index is -0.565. The van der Waals surface area contributed by atoms with E-state index in [0.29, 0.717) is 23.7 Å². The van der Waals surface area contributed by atoms with Crippen LogP contribution in [0.4, 0.5) is 4.39 Å². The van der Waals surface area contributed by atoms with Crippen molar-refractivity contribution in [2.75, 3.05) is 5.75 Å². The van der Waals surface area contributed by atoms with E-state index in [1.165, 1.54) is 11.6 Å². The summed E-state index contributed by atoms with van der Waals surface area (Å²) < 4.78 is 21.6. The normalized spacial score (nSPS) is 26.4. The van der Waals surface area contributed by atoms with Gasteiger partial charge in [0.25, 0.3) is 5.91 Å². The van der Waals surface area contributed by atoms with Gasteiger partial charge < -0.3 is 10.1 Å². The third-order valence-electron chi connectivity index (χ3n) is 7.17. The number of halogens is 1. The summed E-state index contributed by atoms with van der Waals surface area (Å²) in [6.07, 6.45) is 3.43. The Morgan fingerprint density at radius 2 is 1.71 bits per heavy atom. The van der Waals surface area contributed by atoms with Gasteiger partial charge in [-0.1, -0.05) is 66.7 Å². The van der Waals surface area contributed by atoms with Gasteiger partial charge in [-0.3, -0.25) is 10.1 Å². The van der Waals surface area contributed by atoms with Crippen LogP contribution >= 0.6 is 11.8 Å². The number of amides is 1. The average molecular weight is 491 g/mol. The third kappa shape index (κ3) is 5.61. The highest BCUT2D eigenvalue weighted by atomic mass is 32.2. The van der Waals surface area contributed by atoms with Crippen LogP contribution in [0.25, 0.3) is 0 Å². The largest absolute Gasteiger partial charge is 0.373 e. The van der Waals surface area contributed by atoms with Gasteiger partial charge in [0.2, 0.25) is 0 Å². The highest BCUT2D eigenvalue weighted by Crippen LogP contribution is 2.46. The number of benzene rings is 3. The summed E-state index contributed by atoms with van der Waals surface area (Å²) in [7, 11) is 0. The molecule has 0 radical (unpaired) electrons. The lowest BCUT2D eigenvalue weighted by Crippen LogP contribution is -2.58. The molecule has 1 saturated heterocycles. The first-order valence-electron chi connectivity index (χ1n) is 12.3. The molecule has 6 heteroatoms. The number of carbonyl (C=O) groups excluding carboxylic acids is 1. The van der Waals surface area contributed by atoms with Gasteiger partial charge in [0.05, 0.1) is 12.7 Å². The number of nitrogens with one attached hydrogen (secondary N) is 2. The Labute approximate surface area is 210 Å². The maximum absolute atomic E-state index is 15.1. The van der Waals surface area contributed by atoms with Crippen LogP contribution in [-0.2, 0) is 16.9 Å². The molecule has 3 aromatic carbocycles. The van der Waals surface area contributed by atoms with Gasteiger partial charge >= 0.3 is 0 Å². The molecule has 2 bridgehead atoms. The Hall–Kier alpha value is -2.67. The van der Waals surface area contributed by atoms with Gasteiger partial charge in [-0.15, -0.1) is 11.8 Å². The fourth-order valence-corrected chi connectivity index (χ4v) is 6.57. The van der Waals surface area contributed by atoms with Gasteiger partial charge in [-0.25, -0.2) is 4.39 Å². The molecule has 4 nitrogen and oxygen atoms in total. The van der Waals surface area contributed by atoms with Crippen LogP contribution in [0, 0.1) is 11.7 Å². The van der Waals surface area contributed by atoms with Crippen molar-refractivity contribution >= 4 is 17.7 Å². The van der Waals surface area contributed by atoms with Crippen LogP contribution in [0.5, 0.6) is 0 Å². The molecule has 2 N–H and O–H groups in total. The summed E-state index contributed by atoms with van der Waals surface area (Å²) in [5, 5.41) is 6.83. The van der Waals surface area contributed by atoms with Crippen molar-refractivity contribution < 1.29 is 13.9 Å². The van der Waals surface area contributed by atoms with Crippen molar-refractivity contribution in [2.45, 2.75) is 49.4 Å². The fraction of sp³-hybridized carbons (Fsp3) is 0.345. The standard InChI is InChI=1S/C29H31FN2O2S/c30-25-14-8-7-13-24(25)29-17-15-26(34-20-21-9-3-1-4-10-21)23(19-29)16-18-35-28(32-29)31-27(33)22-11-5-2-6-12-22/h1-14,23,26,28,32H,15-20H2,(H,31,33)/t23-,26+,28?,29?/m0/s1. The summed E-state index contributed by atoms with van der Waals surface area (Å²) in [4.78, 5) is 12.9. The molecule has 1 saturated carbocycles. The molecule has 182 valence electrons. The van der Waals surface area contributed by atoms with Crippen LogP contribution in [-0.4, -0.2) is 23.3 Å². The second kappa shape index (κ2) is 10.9. The number of hydrogen-bond donors (Lipinski definition) is 2. The van der Waals surface area contributed by atoms with Crippen molar-refractivity contribution in [1.29, 1.82) is 0 Å². The fourth-order valence-electron chi connectivity index (χ4n) is 5.39. The van der Waals surface area contributed by atoms with Gasteiger partial charge in [-0.05, 0) is 61.1 Å². The van der Waals surface area contributed by atoms with Crippen LogP contribution in [0.1, 0.15) is 47.2 Å². The van der Waals surface area contributed by atoms with Gasteiger partial charge in [0.1, 0.15) is 11.3 Å². The van der Waals surface area contributed by atoms with Crippen molar-refractivity contribution in [2.24, 2.45) is 5.92 Å². The predicted octanol–water partition coefficient (Wildman–Crippen LogP) is 5.85. The molecule has 4 atom stereocenters. The summed E-state index contributed by atoms with van der Waals surface area (Å²) in [6, 6.07) is 26.5. The molecular formula is C29H31FN2O2S. The molecular weight excluding hydrogens is 459 g/mol. The van der Waals surface area contributed by atoms with E-state index in [9.17, 15) is 4.79 Å². The zero-order chi connectivity index (χ0) is 24.1. The van der Waals surface area contributed by atoms with Crippen LogP contribution < -0.4 is 10.6 Å². The number of fused-ring (bicyclic) bond motifs is 2. The molecule has 1 amide bonds. The maximum atomic E-state index is 15.1. The first-order valence-corrected chi connectivity index (χ1v) is 13.3. The molecule has 2 fully saturated rings. The Morgan fingerprint density at radius 3 is 2.49 bits per heavy atom. The molecule has 1 heterocycles. The van der Waals surface area contributed by atoms with Crippen molar-refractivity contribution in [3.8, 4) is 0 Å². The number of carbonyl (C=O) groups is 1. The molecule has 0 aromatic heterocycles. The summed E-state index contributed by atoms with van der Waals surface area (Å²) in [6.45, 7) is 0.588. The lowest BCUT2D eigenvalue weighted by molar-refractivity contribution is -0.0469. The topological polar surface area (TPSA) is 50.4 Å². The zero-order valence-electron chi connectivity index (χ0n) is 19.7. The molecule has 1 aliphatic carbocycles. The second-order valence-electron chi connectivity index (χ2n) is 9.42. The zero-order valence-corrected chi connectivity index (χ0v) is 20.5. The molecule has 3 aromatic rings.